The molecule has 1 saturated heterocycles. The predicted octanol–water partition coefficient (Wildman–Crippen LogP) is 1.85. The number of carboxylic acid groups (broad SMARTS) is 1. The van der Waals surface area contributed by atoms with Gasteiger partial charge in [0, 0.05) is 18.8 Å². The maximum Gasteiger partial charge on any atom is 0.347 e. The Bertz CT molecular complexity index is 813. The number of rotatable bonds is 5. The minimum Gasteiger partial charge on any atom is -0.477 e. The van der Waals surface area contributed by atoms with Crippen LogP contribution in [0.4, 0.5) is 5.13 Å². The summed E-state index contributed by atoms with van der Waals surface area (Å²) in [7, 11) is 0. The van der Waals surface area contributed by atoms with Gasteiger partial charge in [-0.15, -0.1) is 0 Å². The zero-order valence-electron chi connectivity index (χ0n) is 14.4. The molecule has 0 aromatic carbocycles. The van der Waals surface area contributed by atoms with Crippen molar-refractivity contribution < 1.29 is 14.7 Å². The van der Waals surface area contributed by atoms with Gasteiger partial charge in [-0.3, -0.25) is 14.4 Å². The fraction of sp³-hybridized carbons (Fsp3) is 0.500. The number of thiazole rings is 1. The van der Waals surface area contributed by atoms with Crippen molar-refractivity contribution in [1.82, 2.24) is 19.7 Å². The number of anilines is 1. The fourth-order valence-electron chi connectivity index (χ4n) is 3.18. The first-order chi connectivity index (χ1) is 11.8. The van der Waals surface area contributed by atoms with Gasteiger partial charge in [0.15, 0.2) is 5.13 Å². The van der Waals surface area contributed by atoms with Crippen molar-refractivity contribution >= 4 is 28.3 Å². The number of carbonyl (C=O) groups excluding carboxylic acids is 1. The molecular formula is C16H21N5O3S. The van der Waals surface area contributed by atoms with Crippen LogP contribution in [0.2, 0.25) is 0 Å². The molecule has 2 aromatic rings. The van der Waals surface area contributed by atoms with Crippen molar-refractivity contribution in [2.45, 2.75) is 33.2 Å². The Balaban J connectivity index is 1.56. The molecule has 0 bridgehead atoms. The number of aryl methyl sites for hydroxylation is 3. The van der Waals surface area contributed by atoms with E-state index in [0.717, 1.165) is 42.2 Å². The van der Waals surface area contributed by atoms with Gasteiger partial charge in [-0.1, -0.05) is 11.3 Å². The highest BCUT2D eigenvalue weighted by Crippen LogP contribution is 2.24. The second kappa shape index (κ2) is 6.93. The number of likely N-dealkylation sites (tertiary alicyclic amines) is 1. The molecular weight excluding hydrogens is 342 g/mol. The van der Waals surface area contributed by atoms with Gasteiger partial charge in [-0.25, -0.2) is 9.78 Å². The Kier molecular flexibility index (Phi) is 4.87. The molecule has 1 aliphatic heterocycles. The number of nitrogens with one attached hydrogen (secondary N) is 1. The average Bonchev–Trinajstić information content (AvgIpc) is 3.18. The largest absolute Gasteiger partial charge is 0.477 e. The molecule has 2 N–H and O–H groups in total. The topological polar surface area (TPSA) is 100 Å². The molecule has 1 aliphatic rings. The summed E-state index contributed by atoms with van der Waals surface area (Å²) in [6, 6.07) is 2.34. The van der Waals surface area contributed by atoms with Crippen LogP contribution in [0.3, 0.4) is 0 Å². The summed E-state index contributed by atoms with van der Waals surface area (Å²) in [4.78, 5) is 29.6. The lowest BCUT2D eigenvalue weighted by molar-refractivity contribution is -0.117. The van der Waals surface area contributed by atoms with E-state index in [1.807, 2.05) is 18.5 Å². The number of hydrogen-bond acceptors (Lipinski definition) is 6. The molecule has 1 atom stereocenters. The van der Waals surface area contributed by atoms with E-state index in [0.29, 0.717) is 10.8 Å². The molecule has 3 heterocycles. The van der Waals surface area contributed by atoms with Gasteiger partial charge in [-0.2, -0.15) is 5.10 Å². The van der Waals surface area contributed by atoms with Crippen molar-refractivity contribution in [1.29, 1.82) is 0 Å². The molecule has 0 aliphatic carbocycles. The normalized spacial score (nSPS) is 17.8. The van der Waals surface area contributed by atoms with Gasteiger partial charge in [0.2, 0.25) is 5.91 Å². The smallest absolute Gasteiger partial charge is 0.347 e. The van der Waals surface area contributed by atoms with E-state index in [-0.39, 0.29) is 23.4 Å². The lowest BCUT2D eigenvalue weighted by Crippen LogP contribution is -2.32. The second-order valence-corrected chi connectivity index (χ2v) is 7.34. The quantitative estimate of drug-likeness (QED) is 0.841. The Hall–Kier alpha value is -2.26. The molecule has 0 radical (unpaired) electrons. The van der Waals surface area contributed by atoms with Gasteiger partial charge in [0.1, 0.15) is 4.88 Å². The van der Waals surface area contributed by atoms with Gasteiger partial charge < -0.3 is 10.4 Å². The van der Waals surface area contributed by atoms with Crippen LogP contribution in [-0.2, 0) is 4.79 Å². The molecule has 9 heteroatoms. The maximum atomic E-state index is 12.2. The van der Waals surface area contributed by atoms with E-state index in [1.165, 1.54) is 0 Å². The highest BCUT2D eigenvalue weighted by Gasteiger charge is 2.27. The molecule has 0 spiro atoms. The summed E-state index contributed by atoms with van der Waals surface area (Å²) in [5.41, 5.74) is 2.55. The Morgan fingerprint density at radius 3 is 2.76 bits per heavy atom. The standard InChI is InChI=1S/C16H21N5O3S/c1-9-6-10(2)21(19-9)12-4-5-20(7-12)8-13(22)18-16-17-11(3)14(25-16)15(23)24/h6,12H,4-5,7-8H2,1-3H3,(H,23,24)(H,17,18,22). The summed E-state index contributed by atoms with van der Waals surface area (Å²) < 4.78 is 2.04. The van der Waals surface area contributed by atoms with Crippen molar-refractivity contribution in [3.8, 4) is 0 Å². The first-order valence-corrected chi connectivity index (χ1v) is 8.91. The molecule has 1 unspecified atom stereocenters. The third-order valence-corrected chi connectivity index (χ3v) is 5.30. The summed E-state index contributed by atoms with van der Waals surface area (Å²) in [5.74, 6) is -1.21. The summed E-state index contributed by atoms with van der Waals surface area (Å²) in [6.07, 6.45) is 0.953. The van der Waals surface area contributed by atoms with E-state index in [1.54, 1.807) is 6.92 Å². The number of nitrogens with zero attached hydrogens (tertiary/aromatic N) is 4. The monoisotopic (exact) mass is 363 g/mol. The fourth-order valence-corrected chi connectivity index (χ4v) is 4.00. The Morgan fingerprint density at radius 1 is 1.40 bits per heavy atom. The van der Waals surface area contributed by atoms with E-state index >= 15 is 0 Å². The van der Waals surface area contributed by atoms with Crippen LogP contribution in [0.1, 0.15) is 39.2 Å². The van der Waals surface area contributed by atoms with Crippen LogP contribution in [0.5, 0.6) is 0 Å². The van der Waals surface area contributed by atoms with Crippen molar-refractivity contribution in [2.75, 3.05) is 25.0 Å². The molecule has 2 aromatic heterocycles. The van der Waals surface area contributed by atoms with Gasteiger partial charge in [0.25, 0.3) is 0 Å². The average molecular weight is 363 g/mol. The number of aromatic carboxylic acids is 1. The Labute approximate surface area is 149 Å². The van der Waals surface area contributed by atoms with Crippen LogP contribution in [0, 0.1) is 20.8 Å². The summed E-state index contributed by atoms with van der Waals surface area (Å²) in [6.45, 7) is 7.50. The lowest BCUT2D eigenvalue weighted by atomic mass is 10.2. The minimum atomic E-state index is -1.03. The SMILES string of the molecule is Cc1cc(C)n(C2CCN(CC(=O)Nc3nc(C)c(C(=O)O)s3)C2)n1. The highest BCUT2D eigenvalue weighted by molar-refractivity contribution is 7.17. The van der Waals surface area contributed by atoms with E-state index in [4.69, 9.17) is 5.11 Å². The minimum absolute atomic E-state index is 0.154. The third kappa shape index (κ3) is 3.88. The zero-order valence-corrected chi connectivity index (χ0v) is 15.3. The molecule has 134 valence electrons. The molecule has 8 nitrogen and oxygen atoms in total. The van der Waals surface area contributed by atoms with Gasteiger partial charge >= 0.3 is 5.97 Å². The predicted molar refractivity (Wildman–Crippen MR) is 94.2 cm³/mol. The molecule has 25 heavy (non-hydrogen) atoms. The molecule has 3 rings (SSSR count). The third-order valence-electron chi connectivity index (χ3n) is 4.24. The van der Waals surface area contributed by atoms with Crippen LogP contribution < -0.4 is 5.32 Å². The van der Waals surface area contributed by atoms with E-state index in [9.17, 15) is 9.59 Å². The van der Waals surface area contributed by atoms with Crippen LogP contribution in [-0.4, -0.2) is 56.3 Å². The number of hydrogen-bond donors (Lipinski definition) is 2. The summed E-state index contributed by atoms with van der Waals surface area (Å²) in [5, 5.41) is 16.6. The highest BCUT2D eigenvalue weighted by atomic mass is 32.1. The Morgan fingerprint density at radius 2 is 2.16 bits per heavy atom. The van der Waals surface area contributed by atoms with Gasteiger partial charge in [0.05, 0.1) is 24.0 Å². The van der Waals surface area contributed by atoms with Crippen LogP contribution in [0.15, 0.2) is 6.07 Å². The number of carboxylic acids is 1. The number of aromatic nitrogens is 3. The zero-order chi connectivity index (χ0) is 18.1. The van der Waals surface area contributed by atoms with E-state index in [2.05, 4.69) is 26.4 Å². The van der Waals surface area contributed by atoms with Crippen molar-refractivity contribution in [3.63, 3.8) is 0 Å². The molecule has 1 amide bonds. The lowest BCUT2D eigenvalue weighted by Gasteiger charge is -2.16. The van der Waals surface area contributed by atoms with Gasteiger partial charge in [-0.05, 0) is 33.3 Å². The van der Waals surface area contributed by atoms with E-state index < -0.39 is 5.97 Å². The maximum absolute atomic E-state index is 12.2. The van der Waals surface area contributed by atoms with Crippen molar-refractivity contribution in [2.24, 2.45) is 0 Å². The molecule has 0 saturated carbocycles. The second-order valence-electron chi connectivity index (χ2n) is 6.34. The van der Waals surface area contributed by atoms with Crippen LogP contribution >= 0.6 is 11.3 Å². The van der Waals surface area contributed by atoms with Crippen molar-refractivity contribution in [3.05, 3.63) is 28.0 Å². The number of carbonyl (C=O) groups is 2. The first-order valence-electron chi connectivity index (χ1n) is 8.09. The molecule has 1 fully saturated rings. The van der Waals surface area contributed by atoms with Crippen LogP contribution in [0.25, 0.3) is 0 Å². The summed E-state index contributed by atoms with van der Waals surface area (Å²) >= 11 is 0.981. The number of amides is 1. The first kappa shape index (κ1) is 17.6.